The van der Waals surface area contributed by atoms with E-state index in [1.807, 2.05) is 58.0 Å². The molecule has 1 N–H and O–H groups in total. The molecule has 4 rings (SSSR count). The molecule has 6 heteroatoms. The lowest BCUT2D eigenvalue weighted by atomic mass is 10.1. The molecule has 0 aromatic heterocycles. The smallest absolute Gasteiger partial charge is 0.326 e. The number of aryl methyl sites for hydroxylation is 1. The zero-order valence-corrected chi connectivity index (χ0v) is 19.9. The molecule has 0 atom stereocenters. The molecule has 2 aromatic rings. The first kappa shape index (κ1) is 23.2. The predicted octanol–water partition coefficient (Wildman–Crippen LogP) is 4.82. The van der Waals surface area contributed by atoms with Crippen LogP contribution in [0.2, 0.25) is 0 Å². The normalized spacial score (nSPS) is 15.8. The maximum absolute atomic E-state index is 12.1. The molecule has 0 spiro atoms. The third kappa shape index (κ3) is 5.69. The standard InChI is InChI=1S/C27H33NO5/c1-5-30-26(29)27(10-11-27)28-15-21-13-22-7-8-23(14-25(22)32-17-21)31-16-20-6-9-24(19(4)12-20)33-18(2)3/h6-9,12-14,18,28H,5,10-11,15-17H2,1-4H3. The van der Waals surface area contributed by atoms with E-state index in [2.05, 4.69) is 17.5 Å². The van der Waals surface area contributed by atoms with Crippen LogP contribution in [0.5, 0.6) is 17.2 Å². The van der Waals surface area contributed by atoms with Crippen LogP contribution in [-0.2, 0) is 16.1 Å². The number of hydrogen-bond donors (Lipinski definition) is 1. The Balaban J connectivity index is 1.34. The molecule has 2 aromatic carbocycles. The molecule has 0 saturated heterocycles. The third-order valence-corrected chi connectivity index (χ3v) is 5.84. The van der Waals surface area contributed by atoms with Crippen LogP contribution >= 0.6 is 0 Å². The molecule has 0 bridgehead atoms. The van der Waals surface area contributed by atoms with E-state index in [0.717, 1.165) is 52.4 Å². The fourth-order valence-electron chi connectivity index (χ4n) is 3.87. The van der Waals surface area contributed by atoms with Crippen LogP contribution in [0, 0.1) is 6.92 Å². The first-order valence-electron chi connectivity index (χ1n) is 11.7. The van der Waals surface area contributed by atoms with E-state index in [1.165, 1.54) is 0 Å². The molecule has 176 valence electrons. The summed E-state index contributed by atoms with van der Waals surface area (Å²) in [6.07, 6.45) is 3.92. The molecule has 1 heterocycles. The van der Waals surface area contributed by atoms with Crippen LogP contribution in [0.15, 0.2) is 42.0 Å². The van der Waals surface area contributed by atoms with E-state index in [-0.39, 0.29) is 12.1 Å². The molecule has 0 amide bonds. The second kappa shape index (κ2) is 9.87. The Morgan fingerprint density at radius 3 is 2.70 bits per heavy atom. The van der Waals surface area contributed by atoms with Gasteiger partial charge in [0.2, 0.25) is 0 Å². The lowest BCUT2D eigenvalue weighted by molar-refractivity contribution is -0.146. The van der Waals surface area contributed by atoms with Crippen LogP contribution in [0.1, 0.15) is 50.3 Å². The summed E-state index contributed by atoms with van der Waals surface area (Å²) in [5.41, 5.74) is 3.79. The van der Waals surface area contributed by atoms with Gasteiger partial charge in [0.1, 0.15) is 36.0 Å². The summed E-state index contributed by atoms with van der Waals surface area (Å²) < 4.78 is 23.0. The number of ether oxygens (including phenoxy) is 4. The summed E-state index contributed by atoms with van der Waals surface area (Å²) in [5, 5.41) is 3.37. The average Bonchev–Trinajstić information content (AvgIpc) is 3.59. The lowest BCUT2D eigenvalue weighted by Gasteiger charge is -2.21. The highest BCUT2D eigenvalue weighted by molar-refractivity contribution is 5.84. The lowest BCUT2D eigenvalue weighted by Crippen LogP contribution is -2.42. The second-order valence-corrected chi connectivity index (χ2v) is 9.00. The van der Waals surface area contributed by atoms with E-state index >= 15 is 0 Å². The fourth-order valence-corrected chi connectivity index (χ4v) is 3.87. The van der Waals surface area contributed by atoms with Gasteiger partial charge in [-0.2, -0.15) is 0 Å². The maximum atomic E-state index is 12.1. The molecule has 33 heavy (non-hydrogen) atoms. The topological polar surface area (TPSA) is 66.0 Å². The van der Waals surface area contributed by atoms with Gasteiger partial charge in [-0.25, -0.2) is 0 Å². The molecule has 1 aliphatic carbocycles. The second-order valence-electron chi connectivity index (χ2n) is 9.00. The van der Waals surface area contributed by atoms with Gasteiger partial charge in [-0.3, -0.25) is 10.1 Å². The van der Waals surface area contributed by atoms with Crippen molar-refractivity contribution < 1.29 is 23.7 Å². The quantitative estimate of drug-likeness (QED) is 0.523. The van der Waals surface area contributed by atoms with Crippen LogP contribution in [-0.4, -0.2) is 37.4 Å². The number of benzene rings is 2. The van der Waals surface area contributed by atoms with Crippen molar-refractivity contribution in [2.75, 3.05) is 19.8 Å². The number of hydrogen-bond acceptors (Lipinski definition) is 6. The highest BCUT2D eigenvalue weighted by Crippen LogP contribution is 2.37. The summed E-state index contributed by atoms with van der Waals surface area (Å²) in [4.78, 5) is 12.1. The summed E-state index contributed by atoms with van der Waals surface area (Å²) in [6, 6.07) is 12.0. The van der Waals surface area contributed by atoms with Gasteiger partial charge >= 0.3 is 5.97 Å². The first-order valence-corrected chi connectivity index (χ1v) is 11.7. The van der Waals surface area contributed by atoms with Crippen molar-refractivity contribution in [3.05, 3.63) is 58.7 Å². The van der Waals surface area contributed by atoms with E-state index in [0.29, 0.717) is 26.4 Å². The molecule has 6 nitrogen and oxygen atoms in total. The zero-order chi connectivity index (χ0) is 23.4. The molecule has 0 radical (unpaired) electrons. The average molecular weight is 452 g/mol. The number of fused-ring (bicyclic) bond motifs is 1. The summed E-state index contributed by atoms with van der Waals surface area (Å²) in [7, 11) is 0. The number of carbonyl (C=O) groups is 1. The molecule has 0 unspecified atom stereocenters. The summed E-state index contributed by atoms with van der Waals surface area (Å²) in [6.45, 7) is 9.90. The van der Waals surface area contributed by atoms with Crippen LogP contribution in [0.4, 0.5) is 0 Å². The largest absolute Gasteiger partial charge is 0.491 e. The van der Waals surface area contributed by atoms with Gasteiger partial charge in [0.25, 0.3) is 0 Å². The Kier molecular flexibility index (Phi) is 6.94. The van der Waals surface area contributed by atoms with E-state index in [1.54, 1.807) is 0 Å². The third-order valence-electron chi connectivity index (χ3n) is 5.84. The van der Waals surface area contributed by atoms with E-state index in [4.69, 9.17) is 18.9 Å². The number of rotatable bonds is 10. The minimum absolute atomic E-state index is 0.151. The van der Waals surface area contributed by atoms with E-state index < -0.39 is 5.54 Å². The van der Waals surface area contributed by atoms with Crippen molar-refractivity contribution in [1.82, 2.24) is 5.32 Å². The fraction of sp³-hybridized carbons (Fsp3) is 0.444. The van der Waals surface area contributed by atoms with Crippen molar-refractivity contribution in [3.8, 4) is 17.2 Å². The van der Waals surface area contributed by atoms with Crippen molar-refractivity contribution in [1.29, 1.82) is 0 Å². The molecule has 1 aliphatic heterocycles. The van der Waals surface area contributed by atoms with Crippen LogP contribution in [0.25, 0.3) is 6.08 Å². The van der Waals surface area contributed by atoms with Crippen molar-refractivity contribution in [2.45, 2.75) is 58.8 Å². The van der Waals surface area contributed by atoms with Gasteiger partial charge in [0, 0.05) is 18.2 Å². The van der Waals surface area contributed by atoms with E-state index in [9.17, 15) is 4.79 Å². The minimum Gasteiger partial charge on any atom is -0.491 e. The van der Waals surface area contributed by atoms with Gasteiger partial charge in [-0.05, 0) is 87.6 Å². The molecular weight excluding hydrogens is 418 g/mol. The Morgan fingerprint density at radius 1 is 1.18 bits per heavy atom. The Morgan fingerprint density at radius 2 is 2.00 bits per heavy atom. The highest BCUT2D eigenvalue weighted by Gasteiger charge is 2.51. The van der Waals surface area contributed by atoms with Crippen molar-refractivity contribution in [2.24, 2.45) is 0 Å². The Hall–Kier alpha value is -2.99. The molecule has 2 aliphatic rings. The molecule has 1 fully saturated rings. The Labute approximate surface area is 195 Å². The number of nitrogens with one attached hydrogen (secondary N) is 1. The van der Waals surface area contributed by atoms with Gasteiger partial charge in [-0.15, -0.1) is 0 Å². The first-order chi connectivity index (χ1) is 15.9. The monoisotopic (exact) mass is 451 g/mol. The van der Waals surface area contributed by atoms with Crippen LogP contribution in [0.3, 0.4) is 0 Å². The molecule has 1 saturated carbocycles. The predicted molar refractivity (Wildman–Crippen MR) is 128 cm³/mol. The van der Waals surface area contributed by atoms with Gasteiger partial charge < -0.3 is 18.9 Å². The SMILES string of the molecule is CCOC(=O)C1(NCC2=Cc3ccc(OCc4ccc(OC(C)C)c(C)c4)cc3OC2)CC1. The van der Waals surface area contributed by atoms with Gasteiger partial charge in [-0.1, -0.05) is 6.07 Å². The van der Waals surface area contributed by atoms with Crippen molar-refractivity contribution in [3.63, 3.8) is 0 Å². The van der Waals surface area contributed by atoms with Gasteiger partial charge in [0.15, 0.2) is 0 Å². The van der Waals surface area contributed by atoms with Crippen LogP contribution < -0.4 is 19.5 Å². The Bertz CT molecular complexity index is 1040. The molecular formula is C27H33NO5. The number of esters is 1. The summed E-state index contributed by atoms with van der Waals surface area (Å²) >= 11 is 0. The zero-order valence-electron chi connectivity index (χ0n) is 19.9. The number of carbonyl (C=O) groups excluding carboxylic acids is 1. The highest BCUT2D eigenvalue weighted by atomic mass is 16.5. The van der Waals surface area contributed by atoms with Gasteiger partial charge in [0.05, 0.1) is 12.7 Å². The van der Waals surface area contributed by atoms with Crippen molar-refractivity contribution >= 4 is 12.0 Å². The maximum Gasteiger partial charge on any atom is 0.326 e. The minimum atomic E-state index is -0.508. The summed E-state index contributed by atoms with van der Waals surface area (Å²) in [5.74, 6) is 2.33.